The molecule has 0 saturated carbocycles. The summed E-state index contributed by atoms with van der Waals surface area (Å²) in [6.07, 6.45) is 4.01. The van der Waals surface area contributed by atoms with Gasteiger partial charge in [-0.2, -0.15) is 0 Å². The highest BCUT2D eigenvalue weighted by Gasteiger charge is 2.29. The number of carbonyl (C=O) groups is 1. The second-order valence-electron chi connectivity index (χ2n) is 9.32. The van der Waals surface area contributed by atoms with Crippen LogP contribution in [0.5, 0.6) is 0 Å². The number of aromatic amines is 1. The van der Waals surface area contributed by atoms with E-state index >= 15 is 0 Å². The lowest BCUT2D eigenvalue weighted by atomic mass is 10.0. The number of amides is 1. The van der Waals surface area contributed by atoms with Crippen LogP contribution in [0, 0.1) is 0 Å². The maximum absolute atomic E-state index is 13.4. The first-order valence-electron chi connectivity index (χ1n) is 11.7. The quantitative estimate of drug-likeness (QED) is 0.462. The van der Waals surface area contributed by atoms with Crippen LogP contribution in [0.15, 0.2) is 54.9 Å². The number of nitrogens with zero attached hydrogens (tertiary/aromatic N) is 3. The number of anilines is 1. The molecule has 1 amide bonds. The first-order valence-corrected chi connectivity index (χ1v) is 13.3. The average Bonchev–Trinajstić information content (AvgIpc) is 3.56. The summed E-state index contributed by atoms with van der Waals surface area (Å²) in [6, 6.07) is 13.1. The number of likely N-dealkylation sites (tertiary alicyclic amines) is 1. The van der Waals surface area contributed by atoms with Crippen LogP contribution in [0.1, 0.15) is 29.2 Å². The van der Waals surface area contributed by atoms with E-state index in [1.165, 1.54) is 0 Å². The zero-order valence-electron chi connectivity index (χ0n) is 19.5. The van der Waals surface area contributed by atoms with Gasteiger partial charge in [0.2, 0.25) is 15.9 Å². The Morgan fingerprint density at radius 2 is 2.14 bits per heavy atom. The van der Waals surface area contributed by atoms with Crippen molar-refractivity contribution in [2.75, 3.05) is 31.4 Å². The van der Waals surface area contributed by atoms with E-state index in [2.05, 4.69) is 19.6 Å². The monoisotopic (exact) mass is 495 g/mol. The van der Waals surface area contributed by atoms with Crippen LogP contribution in [0.2, 0.25) is 0 Å². The van der Waals surface area contributed by atoms with Crippen LogP contribution >= 0.6 is 0 Å². The number of rotatable bonds is 7. The van der Waals surface area contributed by atoms with E-state index < -0.39 is 10.0 Å². The maximum atomic E-state index is 13.4. The largest absolute Gasteiger partial charge is 0.392 e. The van der Waals surface area contributed by atoms with Crippen molar-refractivity contribution >= 4 is 21.6 Å². The maximum Gasteiger partial charge on any atom is 0.237 e. The van der Waals surface area contributed by atoms with E-state index in [1.807, 2.05) is 30.3 Å². The Labute approximate surface area is 204 Å². The highest BCUT2D eigenvalue weighted by Crippen LogP contribution is 2.30. The van der Waals surface area contributed by atoms with Crippen molar-refractivity contribution in [3.05, 3.63) is 71.5 Å². The molecule has 2 aromatic carbocycles. The van der Waals surface area contributed by atoms with Gasteiger partial charge in [0, 0.05) is 44.6 Å². The van der Waals surface area contributed by atoms with Gasteiger partial charge in [-0.05, 0) is 35.2 Å². The van der Waals surface area contributed by atoms with Crippen LogP contribution in [0.4, 0.5) is 5.69 Å². The Morgan fingerprint density at radius 1 is 1.29 bits per heavy atom. The smallest absolute Gasteiger partial charge is 0.237 e. The Hall–Kier alpha value is -3.21. The zero-order chi connectivity index (χ0) is 24.6. The first-order chi connectivity index (χ1) is 16.8. The molecule has 5 rings (SSSR count). The SMILES string of the molecule is CN(C(=O)Cc1ccc2c(c1)NS(=O)(=O)C2)[C@H](CN1CC[C@H](O)C1)c1cccc(-c2ncc[nH]2)c1. The molecule has 0 bridgehead atoms. The summed E-state index contributed by atoms with van der Waals surface area (Å²) in [5.41, 5.74) is 3.94. The Kier molecular flexibility index (Phi) is 6.35. The number of nitrogens with one attached hydrogen (secondary N) is 2. The van der Waals surface area contributed by atoms with E-state index in [0.717, 1.165) is 41.0 Å². The number of aliphatic hydroxyl groups excluding tert-OH is 1. The number of sulfonamides is 1. The van der Waals surface area contributed by atoms with Crippen LogP contribution < -0.4 is 4.72 Å². The molecular weight excluding hydrogens is 466 g/mol. The van der Waals surface area contributed by atoms with Gasteiger partial charge >= 0.3 is 0 Å². The Morgan fingerprint density at radius 3 is 2.89 bits per heavy atom. The molecule has 10 heteroatoms. The molecule has 0 aliphatic carbocycles. The number of benzene rings is 2. The van der Waals surface area contributed by atoms with Gasteiger partial charge in [-0.3, -0.25) is 14.4 Å². The highest BCUT2D eigenvalue weighted by atomic mass is 32.2. The third-order valence-electron chi connectivity index (χ3n) is 6.72. The fourth-order valence-electron chi connectivity index (χ4n) is 4.83. The third-order valence-corrected chi connectivity index (χ3v) is 7.95. The number of imidazole rings is 1. The molecule has 0 unspecified atom stereocenters. The third kappa shape index (κ3) is 5.24. The molecule has 184 valence electrons. The van der Waals surface area contributed by atoms with Crippen molar-refractivity contribution in [2.24, 2.45) is 0 Å². The van der Waals surface area contributed by atoms with Crippen LogP contribution in [-0.2, 0) is 27.0 Å². The normalized spacial score (nSPS) is 19.8. The Bertz CT molecular complexity index is 1330. The molecule has 1 fully saturated rings. The van der Waals surface area contributed by atoms with Crippen LogP contribution in [0.25, 0.3) is 11.4 Å². The minimum absolute atomic E-state index is 0.0355. The molecule has 9 nitrogen and oxygen atoms in total. The van der Waals surface area contributed by atoms with Crippen molar-refractivity contribution in [1.29, 1.82) is 0 Å². The standard InChI is InChI=1S/C25H29N5O4S/c1-29(24(32)12-17-5-6-20-16-35(33,34)28-22(20)11-17)23(15-30-10-7-21(31)14-30)18-3-2-4-19(13-18)25-26-8-9-27-25/h2-6,8-9,11,13,21,23,28,31H,7,10,12,14-16H2,1H3,(H,26,27)/t21-,23+/m0/s1. The summed E-state index contributed by atoms with van der Waals surface area (Å²) >= 11 is 0. The number of hydrogen-bond acceptors (Lipinski definition) is 6. The van der Waals surface area contributed by atoms with E-state index in [-0.39, 0.29) is 30.2 Å². The minimum Gasteiger partial charge on any atom is -0.392 e. The summed E-state index contributed by atoms with van der Waals surface area (Å²) in [5, 5.41) is 10.0. The second kappa shape index (κ2) is 9.44. The highest BCUT2D eigenvalue weighted by molar-refractivity contribution is 7.92. The van der Waals surface area contributed by atoms with Crippen LogP contribution in [0.3, 0.4) is 0 Å². The number of aliphatic hydroxyl groups is 1. The predicted molar refractivity (Wildman–Crippen MR) is 133 cm³/mol. The summed E-state index contributed by atoms with van der Waals surface area (Å²) in [7, 11) is -1.54. The van der Waals surface area contributed by atoms with Crippen molar-refractivity contribution in [2.45, 2.75) is 30.7 Å². The molecule has 1 aromatic heterocycles. The zero-order valence-corrected chi connectivity index (χ0v) is 20.3. The molecular formula is C25H29N5O4S. The molecule has 1 saturated heterocycles. The van der Waals surface area contributed by atoms with Gasteiger partial charge in [0.1, 0.15) is 5.82 Å². The summed E-state index contributed by atoms with van der Waals surface area (Å²) in [5.74, 6) is 0.655. The van der Waals surface area contributed by atoms with Gasteiger partial charge in [-0.1, -0.05) is 30.3 Å². The molecule has 0 spiro atoms. The number of hydrogen-bond donors (Lipinski definition) is 3. The van der Waals surface area contributed by atoms with Crippen molar-refractivity contribution in [3.8, 4) is 11.4 Å². The number of β-amino-alcohol motifs (C(OH)–C–C–N with tert-alkyl or cyclic N) is 1. The molecule has 3 heterocycles. The predicted octanol–water partition coefficient (Wildman–Crippen LogP) is 2.14. The Balaban J connectivity index is 1.38. The lowest BCUT2D eigenvalue weighted by molar-refractivity contribution is -0.131. The number of H-pyrrole nitrogens is 1. The van der Waals surface area contributed by atoms with Gasteiger partial charge in [-0.15, -0.1) is 0 Å². The van der Waals surface area contributed by atoms with Gasteiger partial charge in [-0.25, -0.2) is 13.4 Å². The first kappa shape index (κ1) is 23.5. The van der Waals surface area contributed by atoms with Gasteiger partial charge in [0.25, 0.3) is 0 Å². The number of carbonyl (C=O) groups excluding carboxylic acids is 1. The fourth-order valence-corrected chi connectivity index (χ4v) is 6.08. The molecule has 3 aromatic rings. The molecule has 3 N–H and O–H groups in total. The number of likely N-dealkylation sites (N-methyl/N-ethyl adjacent to an activating group) is 1. The second-order valence-corrected chi connectivity index (χ2v) is 11.0. The van der Waals surface area contributed by atoms with Gasteiger partial charge < -0.3 is 15.0 Å². The fraction of sp³-hybridized carbons (Fsp3) is 0.360. The van der Waals surface area contributed by atoms with Crippen molar-refractivity contribution < 1.29 is 18.3 Å². The lowest BCUT2D eigenvalue weighted by Crippen LogP contribution is -2.39. The minimum atomic E-state index is -3.34. The summed E-state index contributed by atoms with van der Waals surface area (Å²) in [6.45, 7) is 1.97. The summed E-state index contributed by atoms with van der Waals surface area (Å²) < 4.78 is 26.3. The molecule has 2 aliphatic heterocycles. The average molecular weight is 496 g/mol. The number of fused-ring (bicyclic) bond motifs is 1. The van der Waals surface area contributed by atoms with E-state index in [9.17, 15) is 18.3 Å². The van der Waals surface area contributed by atoms with E-state index in [1.54, 1.807) is 36.5 Å². The van der Waals surface area contributed by atoms with Crippen molar-refractivity contribution in [3.63, 3.8) is 0 Å². The van der Waals surface area contributed by atoms with Gasteiger partial charge in [0.05, 0.1) is 30.0 Å². The molecule has 2 atom stereocenters. The lowest BCUT2D eigenvalue weighted by Gasteiger charge is -2.32. The molecule has 0 radical (unpaired) electrons. The van der Waals surface area contributed by atoms with Crippen LogP contribution in [-0.4, -0.2) is 72.0 Å². The molecule has 35 heavy (non-hydrogen) atoms. The summed E-state index contributed by atoms with van der Waals surface area (Å²) in [4.78, 5) is 24.8. The van der Waals surface area contributed by atoms with Crippen molar-refractivity contribution in [1.82, 2.24) is 19.8 Å². The molecule has 2 aliphatic rings. The van der Waals surface area contributed by atoms with Gasteiger partial charge in [0.15, 0.2) is 0 Å². The number of aromatic nitrogens is 2. The topological polar surface area (TPSA) is 119 Å². The van der Waals surface area contributed by atoms with E-state index in [0.29, 0.717) is 18.8 Å². The van der Waals surface area contributed by atoms with E-state index in [4.69, 9.17) is 0 Å².